The molecule has 1 aromatic carbocycles. The molecule has 1 aromatic heterocycles. The van der Waals surface area contributed by atoms with Crippen LogP contribution >= 0.6 is 0 Å². The van der Waals surface area contributed by atoms with Gasteiger partial charge in [-0.15, -0.1) is 0 Å². The van der Waals surface area contributed by atoms with Gasteiger partial charge in [-0.3, -0.25) is 9.59 Å². The molecule has 0 atom stereocenters. The molecular formula is C17H18N2O5. The van der Waals surface area contributed by atoms with Gasteiger partial charge in [0.15, 0.2) is 0 Å². The van der Waals surface area contributed by atoms with Crippen molar-refractivity contribution in [3.63, 3.8) is 0 Å². The van der Waals surface area contributed by atoms with Crippen LogP contribution in [0.2, 0.25) is 0 Å². The van der Waals surface area contributed by atoms with Crippen LogP contribution in [0.1, 0.15) is 42.6 Å². The number of hydrogen-bond acceptors (Lipinski definition) is 5. The van der Waals surface area contributed by atoms with Crippen molar-refractivity contribution in [3.8, 4) is 0 Å². The number of carbonyl (C=O) groups excluding carboxylic acids is 3. The van der Waals surface area contributed by atoms with Crippen molar-refractivity contribution in [2.24, 2.45) is 5.73 Å². The molecule has 24 heavy (non-hydrogen) atoms. The molecule has 0 aliphatic heterocycles. The lowest BCUT2D eigenvalue weighted by Gasteiger charge is -2.16. The fourth-order valence-corrected chi connectivity index (χ4v) is 2.27. The lowest BCUT2D eigenvalue weighted by atomic mass is 10.1. The minimum atomic E-state index is -0.600. The van der Waals surface area contributed by atoms with Crippen LogP contribution in [0.5, 0.6) is 0 Å². The van der Waals surface area contributed by atoms with Gasteiger partial charge in [-0.2, -0.15) is 0 Å². The molecule has 2 rings (SSSR count). The van der Waals surface area contributed by atoms with E-state index in [0.29, 0.717) is 22.6 Å². The maximum Gasteiger partial charge on any atom is 0.341 e. The van der Waals surface area contributed by atoms with E-state index in [9.17, 15) is 14.4 Å². The van der Waals surface area contributed by atoms with E-state index in [4.69, 9.17) is 10.2 Å². The van der Waals surface area contributed by atoms with Crippen molar-refractivity contribution in [1.29, 1.82) is 0 Å². The van der Waals surface area contributed by atoms with Crippen LogP contribution in [0, 0.1) is 6.92 Å². The van der Waals surface area contributed by atoms with Crippen LogP contribution in [0.15, 0.2) is 34.7 Å². The van der Waals surface area contributed by atoms with Gasteiger partial charge in [0.2, 0.25) is 5.91 Å². The minimum absolute atomic E-state index is 0.164. The number of ether oxygens (including phenoxy) is 1. The summed E-state index contributed by atoms with van der Waals surface area (Å²) in [6, 6.07) is 7.71. The maximum atomic E-state index is 12.4. The van der Waals surface area contributed by atoms with Crippen LogP contribution in [-0.2, 0) is 11.3 Å². The second kappa shape index (κ2) is 6.99. The first-order valence-corrected chi connectivity index (χ1v) is 7.16. The number of aryl methyl sites for hydroxylation is 1. The summed E-state index contributed by atoms with van der Waals surface area (Å²) in [4.78, 5) is 36.7. The molecular weight excluding hydrogens is 312 g/mol. The highest BCUT2D eigenvalue weighted by Crippen LogP contribution is 2.18. The van der Waals surface area contributed by atoms with Gasteiger partial charge in [0.25, 0.3) is 5.91 Å². The number of hydrogen-bond donors (Lipinski definition) is 1. The monoisotopic (exact) mass is 330 g/mol. The van der Waals surface area contributed by atoms with E-state index in [1.807, 2.05) is 0 Å². The fourth-order valence-electron chi connectivity index (χ4n) is 2.27. The van der Waals surface area contributed by atoms with Crippen LogP contribution in [-0.4, -0.2) is 36.8 Å². The number of carbonyl (C=O) groups is 3. The van der Waals surface area contributed by atoms with Crippen molar-refractivity contribution >= 4 is 17.8 Å². The third-order valence-corrected chi connectivity index (χ3v) is 3.51. The third-order valence-electron chi connectivity index (χ3n) is 3.51. The first-order chi connectivity index (χ1) is 11.3. The van der Waals surface area contributed by atoms with Gasteiger partial charge < -0.3 is 19.8 Å². The average Bonchev–Trinajstić information content (AvgIpc) is 2.93. The molecule has 0 aliphatic rings. The highest BCUT2D eigenvalue weighted by atomic mass is 16.5. The second-order valence-electron chi connectivity index (χ2n) is 5.28. The largest absolute Gasteiger partial charge is 0.465 e. The number of rotatable bonds is 5. The zero-order valence-corrected chi connectivity index (χ0v) is 13.7. The van der Waals surface area contributed by atoms with Crippen LogP contribution in [0.25, 0.3) is 0 Å². The van der Waals surface area contributed by atoms with E-state index in [1.54, 1.807) is 32.2 Å². The van der Waals surface area contributed by atoms with E-state index >= 15 is 0 Å². The number of nitrogens with two attached hydrogens (primary N) is 1. The highest BCUT2D eigenvalue weighted by Gasteiger charge is 2.19. The van der Waals surface area contributed by atoms with Crippen molar-refractivity contribution in [2.45, 2.75) is 13.5 Å². The molecule has 0 bridgehead atoms. The first kappa shape index (κ1) is 17.3. The van der Waals surface area contributed by atoms with Gasteiger partial charge in [-0.25, -0.2) is 4.79 Å². The zero-order valence-electron chi connectivity index (χ0n) is 13.7. The van der Waals surface area contributed by atoms with Crippen LogP contribution in [0.3, 0.4) is 0 Å². The van der Waals surface area contributed by atoms with E-state index < -0.39 is 11.9 Å². The SMILES string of the molecule is COC(=O)c1cc(CN(C)C(=O)c2cccc(C(N)=O)c2)oc1C. The lowest BCUT2D eigenvalue weighted by Crippen LogP contribution is -2.26. The number of amides is 2. The molecule has 2 N–H and O–H groups in total. The summed E-state index contributed by atoms with van der Waals surface area (Å²) in [7, 11) is 2.88. The Bertz CT molecular complexity index is 794. The predicted molar refractivity (Wildman–Crippen MR) is 85.5 cm³/mol. The topological polar surface area (TPSA) is 103 Å². The molecule has 0 unspecified atom stereocenters. The number of esters is 1. The molecule has 0 spiro atoms. The molecule has 0 fully saturated rings. The summed E-state index contributed by atoms with van der Waals surface area (Å²) in [6.45, 7) is 1.81. The Morgan fingerprint density at radius 3 is 2.50 bits per heavy atom. The highest BCUT2D eigenvalue weighted by molar-refractivity contribution is 5.99. The molecule has 0 saturated heterocycles. The Balaban J connectivity index is 2.16. The van der Waals surface area contributed by atoms with Gasteiger partial charge in [-0.1, -0.05) is 6.07 Å². The van der Waals surface area contributed by atoms with E-state index in [1.165, 1.54) is 24.1 Å². The Labute approximate surface area is 139 Å². The molecule has 0 aliphatic carbocycles. The number of methoxy groups -OCH3 is 1. The molecule has 7 nitrogen and oxygen atoms in total. The summed E-state index contributed by atoms with van der Waals surface area (Å²) in [5, 5.41) is 0. The number of furan rings is 1. The second-order valence-corrected chi connectivity index (χ2v) is 5.28. The van der Waals surface area contributed by atoms with E-state index in [-0.39, 0.29) is 18.0 Å². The van der Waals surface area contributed by atoms with Gasteiger partial charge in [0.05, 0.1) is 13.7 Å². The van der Waals surface area contributed by atoms with Crippen molar-refractivity contribution < 1.29 is 23.5 Å². The standard InChI is InChI=1S/C17H18N2O5/c1-10-14(17(22)23-3)8-13(24-10)9-19(2)16(21)12-6-4-5-11(7-12)15(18)20/h4-8H,9H2,1-3H3,(H2,18,20). The first-order valence-electron chi connectivity index (χ1n) is 7.16. The van der Waals surface area contributed by atoms with Gasteiger partial charge in [0, 0.05) is 18.2 Å². The minimum Gasteiger partial charge on any atom is -0.465 e. The smallest absolute Gasteiger partial charge is 0.341 e. The summed E-state index contributed by atoms with van der Waals surface area (Å²) in [5.41, 5.74) is 6.14. The predicted octanol–water partition coefficient (Wildman–Crippen LogP) is 1.75. The normalized spacial score (nSPS) is 10.3. The summed E-state index contributed by atoms with van der Waals surface area (Å²) >= 11 is 0. The molecule has 1 heterocycles. The van der Waals surface area contributed by atoms with E-state index in [2.05, 4.69) is 4.74 Å². The average molecular weight is 330 g/mol. The molecule has 0 radical (unpaired) electrons. The summed E-state index contributed by atoms with van der Waals surface area (Å²) < 4.78 is 10.2. The maximum absolute atomic E-state index is 12.4. The molecule has 0 saturated carbocycles. The summed E-state index contributed by atoms with van der Waals surface area (Å²) in [6.07, 6.45) is 0. The quantitative estimate of drug-likeness (QED) is 0.841. The zero-order chi connectivity index (χ0) is 17.9. The van der Waals surface area contributed by atoms with Crippen LogP contribution in [0.4, 0.5) is 0 Å². The van der Waals surface area contributed by atoms with Gasteiger partial charge in [0.1, 0.15) is 17.1 Å². The molecule has 7 heteroatoms. The van der Waals surface area contributed by atoms with Crippen molar-refractivity contribution in [3.05, 3.63) is 58.5 Å². The van der Waals surface area contributed by atoms with Crippen molar-refractivity contribution in [2.75, 3.05) is 14.2 Å². The molecule has 2 amide bonds. The Kier molecular flexibility index (Phi) is 5.03. The third kappa shape index (κ3) is 3.62. The molecule has 2 aromatic rings. The summed E-state index contributed by atoms with van der Waals surface area (Å²) in [5.74, 6) is -0.516. The lowest BCUT2D eigenvalue weighted by molar-refractivity contribution is 0.0598. The Morgan fingerprint density at radius 1 is 1.21 bits per heavy atom. The van der Waals surface area contributed by atoms with E-state index in [0.717, 1.165) is 0 Å². The number of nitrogens with zero attached hydrogens (tertiary/aromatic N) is 1. The molecule has 126 valence electrons. The van der Waals surface area contributed by atoms with Gasteiger partial charge in [-0.05, 0) is 31.2 Å². The Morgan fingerprint density at radius 2 is 1.88 bits per heavy atom. The van der Waals surface area contributed by atoms with Gasteiger partial charge >= 0.3 is 5.97 Å². The number of benzene rings is 1. The Hall–Kier alpha value is -3.09. The van der Waals surface area contributed by atoms with Crippen molar-refractivity contribution in [1.82, 2.24) is 4.90 Å². The fraction of sp³-hybridized carbons (Fsp3) is 0.235. The number of primary amides is 1. The van der Waals surface area contributed by atoms with Crippen LogP contribution < -0.4 is 5.73 Å².